The largest absolute Gasteiger partial charge is 0.481 e. The lowest BCUT2D eigenvalue weighted by molar-refractivity contribution is -0.142. The van der Waals surface area contributed by atoms with Crippen LogP contribution in [0.5, 0.6) is 0 Å². The molecule has 0 saturated heterocycles. The van der Waals surface area contributed by atoms with Crippen LogP contribution in [0.4, 0.5) is 0 Å². The number of carbonyl (C=O) groups is 10. The number of amides is 8. The fraction of sp³-hybridized carbons (Fsp3) is 0.446. The minimum atomic E-state index is -1.80. The molecule has 26 nitrogen and oxygen atoms in total. The molecule has 0 fully saturated rings. The number of benzene rings is 3. The van der Waals surface area contributed by atoms with Crippen LogP contribution in [0, 0.1) is 5.92 Å². The van der Waals surface area contributed by atoms with Gasteiger partial charge >= 0.3 is 11.9 Å². The molecule has 1 heterocycles. The molecule has 8 amide bonds. The number of rotatable bonds is 35. The molecule has 4 aromatic rings. The summed E-state index contributed by atoms with van der Waals surface area (Å²) in [6.07, 6.45) is 1.75. The Morgan fingerprint density at radius 2 is 1.07 bits per heavy atom. The van der Waals surface area contributed by atoms with Gasteiger partial charge in [0.15, 0.2) is 5.96 Å². The molecule has 444 valence electrons. The van der Waals surface area contributed by atoms with Crippen molar-refractivity contribution in [1.82, 2.24) is 47.5 Å². The van der Waals surface area contributed by atoms with Crippen molar-refractivity contribution in [2.75, 3.05) is 19.6 Å². The van der Waals surface area contributed by atoms with Gasteiger partial charge in [0.2, 0.25) is 47.3 Å². The van der Waals surface area contributed by atoms with Crippen molar-refractivity contribution in [2.45, 2.75) is 133 Å². The Morgan fingerprint density at radius 1 is 0.573 bits per heavy atom. The highest BCUT2D eigenvalue weighted by molar-refractivity contribution is 5.98. The Kier molecular flexibility index (Phi) is 26.9. The molecule has 0 saturated carbocycles. The number of para-hydroxylation sites is 1. The summed E-state index contributed by atoms with van der Waals surface area (Å²) in [5.74, 6) is -10.1. The van der Waals surface area contributed by atoms with Crippen LogP contribution >= 0.6 is 0 Å². The third kappa shape index (κ3) is 22.0. The van der Waals surface area contributed by atoms with Gasteiger partial charge in [-0.25, -0.2) is 4.79 Å². The highest BCUT2D eigenvalue weighted by atomic mass is 16.4. The summed E-state index contributed by atoms with van der Waals surface area (Å²) >= 11 is 0. The number of aromatic amines is 1. The molecular formula is C56H78N14O12. The summed E-state index contributed by atoms with van der Waals surface area (Å²) in [7, 11) is 0. The minimum absolute atomic E-state index is 0.0613. The molecule has 0 bridgehead atoms. The molecular weight excluding hydrogens is 1060 g/mol. The van der Waals surface area contributed by atoms with Crippen LogP contribution in [0.3, 0.4) is 0 Å². The number of H-pyrrole nitrogens is 1. The zero-order valence-corrected chi connectivity index (χ0v) is 46.3. The fourth-order valence-electron chi connectivity index (χ4n) is 8.57. The lowest BCUT2D eigenvalue weighted by Gasteiger charge is -2.27. The van der Waals surface area contributed by atoms with Crippen molar-refractivity contribution >= 4 is 76.1 Å². The Labute approximate surface area is 474 Å². The van der Waals surface area contributed by atoms with Crippen molar-refractivity contribution in [3.05, 3.63) is 108 Å². The maximum Gasteiger partial charge on any atom is 0.326 e. The van der Waals surface area contributed by atoms with E-state index < -0.39 is 120 Å². The van der Waals surface area contributed by atoms with E-state index in [9.17, 15) is 58.2 Å². The van der Waals surface area contributed by atoms with Gasteiger partial charge in [0.1, 0.15) is 42.3 Å². The molecule has 19 N–H and O–H groups in total. The first kappa shape index (κ1) is 65.6. The minimum Gasteiger partial charge on any atom is -0.481 e. The molecule has 0 aliphatic rings. The van der Waals surface area contributed by atoms with Crippen LogP contribution in [0.1, 0.15) is 82.4 Å². The van der Waals surface area contributed by atoms with Gasteiger partial charge < -0.3 is 80.7 Å². The van der Waals surface area contributed by atoms with Crippen LogP contribution in [-0.2, 0) is 67.2 Å². The monoisotopic (exact) mass is 1140 g/mol. The smallest absolute Gasteiger partial charge is 0.326 e. The third-order valence-electron chi connectivity index (χ3n) is 13.5. The molecule has 26 heteroatoms. The maximum atomic E-state index is 14.6. The molecule has 9 atom stereocenters. The van der Waals surface area contributed by atoms with Gasteiger partial charge in [0.25, 0.3) is 0 Å². The van der Waals surface area contributed by atoms with E-state index in [0.29, 0.717) is 29.5 Å². The van der Waals surface area contributed by atoms with Gasteiger partial charge in [-0.05, 0) is 74.2 Å². The van der Waals surface area contributed by atoms with E-state index in [-0.39, 0.29) is 69.9 Å². The Hall–Kier alpha value is -8.91. The Balaban J connectivity index is 1.51. The molecule has 1 aromatic heterocycles. The van der Waals surface area contributed by atoms with Crippen LogP contribution < -0.4 is 65.5 Å². The summed E-state index contributed by atoms with van der Waals surface area (Å²) in [6, 6.07) is 13.7. The number of aromatic nitrogens is 1. The Bertz CT molecular complexity index is 2830. The highest BCUT2D eigenvalue weighted by Crippen LogP contribution is 2.20. The topological polar surface area (TPSA) is 440 Å². The quantitative estimate of drug-likeness (QED) is 0.0147. The number of guanidine groups is 1. The predicted octanol–water partition coefficient (Wildman–Crippen LogP) is -1.16. The van der Waals surface area contributed by atoms with E-state index in [2.05, 4.69) is 52.5 Å². The number of carboxylic acids is 2. The first-order valence-corrected chi connectivity index (χ1v) is 27.1. The Morgan fingerprint density at radius 3 is 1.63 bits per heavy atom. The number of carbonyl (C=O) groups excluding carboxylic acids is 8. The molecule has 4 rings (SSSR count). The average molecular weight is 1140 g/mol. The lowest BCUT2D eigenvalue weighted by atomic mass is 9.98. The van der Waals surface area contributed by atoms with Gasteiger partial charge in [-0.3, -0.25) is 48.1 Å². The number of hydrogen-bond donors (Lipinski definition) is 15. The van der Waals surface area contributed by atoms with Crippen molar-refractivity contribution in [1.29, 1.82) is 0 Å². The van der Waals surface area contributed by atoms with E-state index >= 15 is 0 Å². The second kappa shape index (κ2) is 33.6. The van der Waals surface area contributed by atoms with E-state index in [4.69, 9.17) is 22.9 Å². The van der Waals surface area contributed by atoms with Crippen molar-refractivity contribution < 1.29 is 58.2 Å². The molecule has 0 aliphatic carbocycles. The number of hydrogen-bond acceptors (Lipinski definition) is 13. The van der Waals surface area contributed by atoms with Gasteiger partial charge in [-0.15, -0.1) is 0 Å². The molecule has 9 unspecified atom stereocenters. The standard InChI is InChI=1S/C56H78N14O12/c1-4-32(2)47(58)54(80)70-41(26-34-16-7-5-8-17-34)50(76)64-33(3)48(74)63-31-45(71)65-44(29-46(72)73)53(79)66-39(22-13-14-24-57)49(75)68-42(27-35-18-9-6-10-19-35)51(77)69-43(28-36-30-62-38-21-12-11-20-37(36)38)52(78)67-40(55(81)82)23-15-25-61-56(59)60/h5-12,16-21,30,32-33,39-44,47,62H,4,13-15,22-29,31,57-58H2,1-3H3,(H,63,74)(H,64,76)(H,65,71)(H,66,79)(H,67,78)(H,68,75)(H,69,77)(H,70,80)(H,72,73)(H,81,82)(H4,59,60,61). The van der Waals surface area contributed by atoms with Gasteiger partial charge in [-0.2, -0.15) is 0 Å². The van der Waals surface area contributed by atoms with E-state index in [1.165, 1.54) is 6.92 Å². The van der Waals surface area contributed by atoms with Crippen LogP contribution in [0.2, 0.25) is 0 Å². The number of nitrogens with zero attached hydrogens (tertiary/aromatic N) is 1. The number of unbranched alkanes of at least 4 members (excludes halogenated alkanes) is 1. The van der Waals surface area contributed by atoms with Gasteiger partial charge in [0.05, 0.1) is 19.0 Å². The van der Waals surface area contributed by atoms with Gasteiger partial charge in [-0.1, -0.05) is 99.1 Å². The molecule has 0 aliphatic heterocycles. The molecule has 0 spiro atoms. The van der Waals surface area contributed by atoms with E-state index in [1.54, 1.807) is 92.0 Å². The van der Waals surface area contributed by atoms with Crippen LogP contribution in [-0.4, -0.2) is 148 Å². The summed E-state index contributed by atoms with van der Waals surface area (Å²) in [5, 5.41) is 40.8. The fourth-order valence-corrected chi connectivity index (χ4v) is 8.57. The second-order valence-electron chi connectivity index (χ2n) is 19.9. The first-order chi connectivity index (χ1) is 39.1. The first-order valence-electron chi connectivity index (χ1n) is 27.1. The highest BCUT2D eigenvalue weighted by Gasteiger charge is 2.35. The lowest BCUT2D eigenvalue weighted by Crippen LogP contribution is -2.60. The number of aliphatic carboxylic acids is 2. The second-order valence-corrected chi connectivity index (χ2v) is 19.9. The number of nitrogens with two attached hydrogens (primary N) is 4. The van der Waals surface area contributed by atoms with Crippen LogP contribution in [0.15, 0.2) is 96.1 Å². The predicted molar refractivity (Wildman–Crippen MR) is 305 cm³/mol. The van der Waals surface area contributed by atoms with Crippen LogP contribution in [0.25, 0.3) is 10.9 Å². The summed E-state index contributed by atoms with van der Waals surface area (Å²) in [6.45, 7) is 4.50. The third-order valence-corrected chi connectivity index (χ3v) is 13.5. The van der Waals surface area contributed by atoms with E-state index in [0.717, 1.165) is 10.9 Å². The number of nitrogens with one attached hydrogen (secondary N) is 9. The number of fused-ring (bicyclic) bond motifs is 1. The summed E-state index contributed by atoms with van der Waals surface area (Å²) in [5.41, 5.74) is 25.3. The summed E-state index contributed by atoms with van der Waals surface area (Å²) < 4.78 is 0. The zero-order chi connectivity index (χ0) is 60.3. The SMILES string of the molecule is CCC(C)C(N)C(=O)NC(Cc1ccccc1)C(=O)NC(C)C(=O)NCC(=O)NC(CC(=O)O)C(=O)NC(CCCCN)C(=O)NC(Cc1ccccc1)C(=O)NC(Cc1c[nH]c2ccccc12)C(=O)NC(CCCN=C(N)N)C(=O)O. The average Bonchev–Trinajstić information content (AvgIpc) is 4.13. The molecule has 3 aromatic carbocycles. The van der Waals surface area contributed by atoms with Crippen molar-refractivity contribution in [3.63, 3.8) is 0 Å². The number of aliphatic imine (C=N–C) groups is 1. The zero-order valence-electron chi connectivity index (χ0n) is 46.3. The summed E-state index contributed by atoms with van der Waals surface area (Å²) in [4.78, 5) is 142. The molecule has 0 radical (unpaired) electrons. The maximum absolute atomic E-state index is 14.6. The molecule has 82 heavy (non-hydrogen) atoms. The van der Waals surface area contributed by atoms with E-state index in [1.807, 2.05) is 13.0 Å². The van der Waals surface area contributed by atoms with Crippen molar-refractivity contribution in [2.24, 2.45) is 33.8 Å². The van der Waals surface area contributed by atoms with Crippen molar-refractivity contribution in [3.8, 4) is 0 Å². The normalized spacial score (nSPS) is 14.3. The number of carboxylic acid groups (broad SMARTS) is 2. The van der Waals surface area contributed by atoms with Gasteiger partial charge in [0, 0.05) is 42.9 Å².